The van der Waals surface area contributed by atoms with E-state index in [9.17, 15) is 9.18 Å². The fourth-order valence-electron chi connectivity index (χ4n) is 3.74. The lowest BCUT2D eigenvalue weighted by Crippen LogP contribution is -2.34. The molecule has 0 aliphatic carbocycles. The average Bonchev–Trinajstić information content (AvgIpc) is 3.23. The molecule has 0 bridgehead atoms. The number of amides is 1. The van der Waals surface area contributed by atoms with Crippen molar-refractivity contribution in [1.29, 1.82) is 0 Å². The van der Waals surface area contributed by atoms with Crippen LogP contribution in [0.5, 0.6) is 17.4 Å². The summed E-state index contributed by atoms with van der Waals surface area (Å²) in [6.07, 6.45) is 1.12. The summed E-state index contributed by atoms with van der Waals surface area (Å²) in [6.45, 7) is 0.328. The van der Waals surface area contributed by atoms with Crippen molar-refractivity contribution in [2.75, 3.05) is 20.8 Å². The molecule has 2 heterocycles. The Morgan fingerprint density at radius 2 is 2.00 bits per heavy atom. The van der Waals surface area contributed by atoms with Crippen molar-refractivity contribution in [2.45, 2.75) is 25.4 Å². The Bertz CT molecular complexity index is 1100. The SMILES string of the molecule is COc1ccc(-c2cc(F)cc3c2OC(CNC(=O)CCc2ccccc2OC)C3)nn1. The summed E-state index contributed by atoms with van der Waals surface area (Å²) < 4.78 is 30.6. The number of carbonyl (C=O) groups excluding carboxylic acids is 1. The predicted octanol–water partition coefficient (Wildman–Crippen LogP) is 3.35. The van der Waals surface area contributed by atoms with Gasteiger partial charge in [-0.1, -0.05) is 18.2 Å². The molecule has 1 N–H and O–H groups in total. The monoisotopic (exact) mass is 437 g/mol. The molecule has 1 aromatic heterocycles. The van der Waals surface area contributed by atoms with E-state index < -0.39 is 0 Å². The molecule has 0 spiro atoms. The largest absolute Gasteiger partial charge is 0.496 e. The number of carbonyl (C=O) groups is 1. The number of methoxy groups -OCH3 is 2. The molecule has 1 atom stereocenters. The second-order valence-electron chi connectivity index (χ2n) is 7.46. The molecule has 7 nitrogen and oxygen atoms in total. The molecular formula is C24H24FN3O4. The Morgan fingerprint density at radius 1 is 1.16 bits per heavy atom. The van der Waals surface area contributed by atoms with E-state index in [2.05, 4.69) is 15.5 Å². The number of nitrogens with zero attached hydrogens (tertiary/aromatic N) is 2. The van der Waals surface area contributed by atoms with Crippen molar-refractivity contribution in [1.82, 2.24) is 15.5 Å². The molecular weight excluding hydrogens is 413 g/mol. The maximum absolute atomic E-state index is 14.2. The fraction of sp³-hybridized carbons (Fsp3) is 0.292. The molecule has 1 aliphatic rings. The van der Waals surface area contributed by atoms with E-state index in [0.29, 0.717) is 48.7 Å². The van der Waals surface area contributed by atoms with E-state index in [-0.39, 0.29) is 17.8 Å². The van der Waals surface area contributed by atoms with Crippen molar-refractivity contribution in [3.05, 3.63) is 65.5 Å². The van der Waals surface area contributed by atoms with Crippen LogP contribution in [-0.4, -0.2) is 43.0 Å². The summed E-state index contributed by atoms with van der Waals surface area (Å²) in [5.74, 6) is 1.26. The number of nitrogens with one attached hydrogen (secondary N) is 1. The predicted molar refractivity (Wildman–Crippen MR) is 116 cm³/mol. The van der Waals surface area contributed by atoms with Gasteiger partial charge in [0.2, 0.25) is 11.8 Å². The molecule has 0 radical (unpaired) electrons. The van der Waals surface area contributed by atoms with Gasteiger partial charge in [-0.3, -0.25) is 4.79 Å². The minimum absolute atomic E-state index is 0.0807. The van der Waals surface area contributed by atoms with Crippen molar-refractivity contribution in [3.63, 3.8) is 0 Å². The number of aromatic nitrogens is 2. The smallest absolute Gasteiger partial charge is 0.233 e. The summed E-state index contributed by atoms with van der Waals surface area (Å²) in [6, 6.07) is 13.8. The van der Waals surface area contributed by atoms with Crippen LogP contribution >= 0.6 is 0 Å². The van der Waals surface area contributed by atoms with Gasteiger partial charge in [0.1, 0.15) is 23.4 Å². The molecule has 4 rings (SSSR count). The van der Waals surface area contributed by atoms with Crippen LogP contribution in [0.1, 0.15) is 17.5 Å². The van der Waals surface area contributed by atoms with E-state index in [1.165, 1.54) is 19.2 Å². The number of fused-ring (bicyclic) bond motifs is 1. The Labute approximate surface area is 185 Å². The number of halogens is 1. The van der Waals surface area contributed by atoms with Crippen molar-refractivity contribution >= 4 is 5.91 Å². The molecule has 1 unspecified atom stereocenters. The molecule has 0 fully saturated rings. The van der Waals surface area contributed by atoms with Gasteiger partial charge in [-0.15, -0.1) is 10.2 Å². The first kappa shape index (κ1) is 21.5. The zero-order chi connectivity index (χ0) is 22.5. The van der Waals surface area contributed by atoms with Crippen molar-refractivity contribution < 1.29 is 23.4 Å². The molecule has 2 aromatic carbocycles. The summed E-state index contributed by atoms with van der Waals surface area (Å²) in [5, 5.41) is 11.0. The summed E-state index contributed by atoms with van der Waals surface area (Å²) in [4.78, 5) is 12.4. The van der Waals surface area contributed by atoms with E-state index in [0.717, 1.165) is 16.9 Å². The first-order valence-electron chi connectivity index (χ1n) is 10.3. The van der Waals surface area contributed by atoms with Crippen LogP contribution in [0.4, 0.5) is 4.39 Å². The van der Waals surface area contributed by atoms with Gasteiger partial charge >= 0.3 is 0 Å². The van der Waals surface area contributed by atoms with Crippen LogP contribution in [0, 0.1) is 5.82 Å². The first-order chi connectivity index (χ1) is 15.6. The lowest BCUT2D eigenvalue weighted by molar-refractivity contribution is -0.121. The summed E-state index contributed by atoms with van der Waals surface area (Å²) in [5.41, 5.74) is 2.74. The van der Waals surface area contributed by atoms with Gasteiger partial charge in [0.05, 0.1) is 26.5 Å². The molecule has 0 saturated heterocycles. The number of hydrogen-bond acceptors (Lipinski definition) is 6. The number of benzene rings is 2. The van der Waals surface area contributed by atoms with Crippen LogP contribution < -0.4 is 19.5 Å². The zero-order valence-electron chi connectivity index (χ0n) is 17.9. The normalized spacial score (nSPS) is 14.4. The van der Waals surface area contributed by atoms with Crippen LogP contribution in [-0.2, 0) is 17.6 Å². The van der Waals surface area contributed by atoms with Gasteiger partial charge < -0.3 is 19.5 Å². The zero-order valence-corrected chi connectivity index (χ0v) is 17.9. The Hall–Kier alpha value is -3.68. The topological polar surface area (TPSA) is 82.6 Å². The summed E-state index contributed by atoms with van der Waals surface area (Å²) in [7, 11) is 3.12. The van der Waals surface area contributed by atoms with Gasteiger partial charge in [-0.25, -0.2) is 4.39 Å². The quantitative estimate of drug-likeness (QED) is 0.582. The van der Waals surface area contributed by atoms with E-state index in [1.807, 2.05) is 24.3 Å². The van der Waals surface area contributed by atoms with Gasteiger partial charge in [0.15, 0.2) is 0 Å². The van der Waals surface area contributed by atoms with Crippen molar-refractivity contribution in [2.24, 2.45) is 0 Å². The Kier molecular flexibility index (Phi) is 6.49. The standard InChI is InChI=1S/C24H24FN3O4/c1-30-21-6-4-3-5-15(21)7-9-22(29)26-14-18-12-16-11-17(25)13-19(24(16)32-18)20-8-10-23(31-2)28-27-20/h3-6,8,10-11,13,18H,7,9,12,14H2,1-2H3,(H,26,29). The minimum Gasteiger partial charge on any atom is -0.496 e. The summed E-state index contributed by atoms with van der Waals surface area (Å²) >= 11 is 0. The second kappa shape index (κ2) is 9.64. The number of rotatable bonds is 8. The number of para-hydroxylation sites is 1. The fourth-order valence-corrected chi connectivity index (χ4v) is 3.74. The highest BCUT2D eigenvalue weighted by molar-refractivity contribution is 5.76. The lowest BCUT2D eigenvalue weighted by atomic mass is 10.0. The second-order valence-corrected chi connectivity index (χ2v) is 7.46. The van der Waals surface area contributed by atoms with Gasteiger partial charge in [-0.05, 0) is 36.2 Å². The molecule has 166 valence electrons. The number of hydrogen-bond donors (Lipinski definition) is 1. The average molecular weight is 437 g/mol. The van der Waals surface area contributed by atoms with Crippen molar-refractivity contribution in [3.8, 4) is 28.6 Å². The highest BCUT2D eigenvalue weighted by Crippen LogP contribution is 2.39. The van der Waals surface area contributed by atoms with Gasteiger partial charge in [0.25, 0.3) is 0 Å². The van der Waals surface area contributed by atoms with Crippen LogP contribution in [0.2, 0.25) is 0 Å². The highest BCUT2D eigenvalue weighted by atomic mass is 19.1. The lowest BCUT2D eigenvalue weighted by Gasteiger charge is -2.14. The number of ether oxygens (including phenoxy) is 3. The third kappa shape index (κ3) is 4.80. The molecule has 0 saturated carbocycles. The number of aryl methyl sites for hydroxylation is 1. The van der Waals surface area contributed by atoms with Gasteiger partial charge in [0, 0.05) is 30.0 Å². The van der Waals surface area contributed by atoms with E-state index in [4.69, 9.17) is 14.2 Å². The van der Waals surface area contributed by atoms with E-state index in [1.54, 1.807) is 19.2 Å². The van der Waals surface area contributed by atoms with E-state index >= 15 is 0 Å². The van der Waals surface area contributed by atoms with Crippen LogP contribution in [0.3, 0.4) is 0 Å². The molecule has 1 amide bonds. The molecule has 1 aliphatic heterocycles. The first-order valence-corrected chi connectivity index (χ1v) is 10.3. The Morgan fingerprint density at radius 3 is 2.75 bits per heavy atom. The third-order valence-corrected chi connectivity index (χ3v) is 5.33. The maximum atomic E-state index is 14.2. The minimum atomic E-state index is -0.374. The van der Waals surface area contributed by atoms with Crippen LogP contribution in [0.15, 0.2) is 48.5 Å². The maximum Gasteiger partial charge on any atom is 0.233 e. The molecule has 3 aromatic rings. The molecule has 32 heavy (non-hydrogen) atoms. The highest BCUT2D eigenvalue weighted by Gasteiger charge is 2.28. The Balaban J connectivity index is 1.37. The molecule has 8 heteroatoms. The van der Waals surface area contributed by atoms with Crippen LogP contribution in [0.25, 0.3) is 11.3 Å². The van der Waals surface area contributed by atoms with Gasteiger partial charge in [-0.2, -0.15) is 0 Å². The third-order valence-electron chi connectivity index (χ3n) is 5.33.